The molecule has 1 atom stereocenters. The van der Waals surface area contributed by atoms with Gasteiger partial charge in [0, 0.05) is 12.7 Å². The van der Waals surface area contributed by atoms with E-state index in [1.807, 2.05) is 68.4 Å². The van der Waals surface area contributed by atoms with E-state index in [1.54, 1.807) is 0 Å². The van der Waals surface area contributed by atoms with Crippen LogP contribution in [0, 0.1) is 25.2 Å². The predicted octanol–water partition coefficient (Wildman–Crippen LogP) is 3.48. The van der Waals surface area contributed by atoms with Crippen LogP contribution in [0.15, 0.2) is 59.1 Å². The van der Waals surface area contributed by atoms with Crippen molar-refractivity contribution in [2.45, 2.75) is 25.5 Å². The molecule has 2 amide bonds. The van der Waals surface area contributed by atoms with E-state index in [9.17, 15) is 14.9 Å². The number of carbonyl (C=O) groups is 2. The highest BCUT2D eigenvalue weighted by Crippen LogP contribution is 2.41. The standard InChI is InChI=1S/C22H21N3O2S/c1-14-4-8-16(9-5-14)12-19-21(27)25(17-10-6-15(2)7-11-17)22(28-19)18(13-23)20(26)24-3/h4-11,19H,12H2,1-3H3,(H,24,26). The van der Waals surface area contributed by atoms with Crippen molar-refractivity contribution in [2.75, 3.05) is 11.9 Å². The van der Waals surface area contributed by atoms with E-state index in [1.165, 1.54) is 23.7 Å². The highest BCUT2D eigenvalue weighted by molar-refractivity contribution is 8.05. The number of likely N-dealkylation sites (N-methyl/N-ethyl adjacent to an activating group) is 1. The molecule has 0 spiro atoms. The maximum atomic E-state index is 13.2. The van der Waals surface area contributed by atoms with Crippen molar-refractivity contribution in [3.05, 3.63) is 75.8 Å². The number of thioether (sulfide) groups is 1. The molecule has 0 saturated carbocycles. The number of anilines is 1. The van der Waals surface area contributed by atoms with Crippen molar-refractivity contribution >= 4 is 29.3 Å². The van der Waals surface area contributed by atoms with Gasteiger partial charge in [0.1, 0.15) is 16.7 Å². The third-order valence-corrected chi connectivity index (χ3v) is 5.83. The van der Waals surface area contributed by atoms with Crippen LogP contribution in [0.4, 0.5) is 5.69 Å². The van der Waals surface area contributed by atoms with Crippen molar-refractivity contribution < 1.29 is 9.59 Å². The second-order valence-corrected chi connectivity index (χ2v) is 7.87. The zero-order chi connectivity index (χ0) is 20.3. The number of hydrogen-bond acceptors (Lipinski definition) is 4. The van der Waals surface area contributed by atoms with Gasteiger partial charge in [-0.2, -0.15) is 5.26 Å². The molecule has 1 heterocycles. The first-order valence-electron chi connectivity index (χ1n) is 8.94. The summed E-state index contributed by atoms with van der Waals surface area (Å²) in [5.41, 5.74) is 3.87. The van der Waals surface area contributed by atoms with Crippen molar-refractivity contribution in [1.82, 2.24) is 5.32 Å². The molecule has 1 fully saturated rings. The lowest BCUT2D eigenvalue weighted by atomic mass is 10.1. The van der Waals surface area contributed by atoms with Gasteiger partial charge in [-0.3, -0.25) is 14.5 Å². The number of carbonyl (C=O) groups excluding carboxylic acids is 2. The van der Waals surface area contributed by atoms with Gasteiger partial charge in [-0.1, -0.05) is 59.3 Å². The lowest BCUT2D eigenvalue weighted by molar-refractivity contribution is -0.117. The first kappa shape index (κ1) is 19.7. The molecule has 0 bridgehead atoms. The first-order valence-corrected chi connectivity index (χ1v) is 9.82. The number of benzene rings is 2. The van der Waals surface area contributed by atoms with E-state index in [2.05, 4.69) is 5.32 Å². The number of rotatable bonds is 4. The minimum atomic E-state index is -0.495. The molecule has 2 aromatic rings. The minimum Gasteiger partial charge on any atom is -0.354 e. The van der Waals surface area contributed by atoms with E-state index in [-0.39, 0.29) is 11.5 Å². The maximum Gasteiger partial charge on any atom is 0.264 e. The average Bonchev–Trinajstić information content (AvgIpc) is 3.00. The SMILES string of the molecule is CNC(=O)C(C#N)=C1SC(Cc2ccc(C)cc2)C(=O)N1c1ccc(C)cc1. The summed E-state index contributed by atoms with van der Waals surface area (Å²) >= 11 is 1.27. The van der Waals surface area contributed by atoms with Gasteiger partial charge in [0.15, 0.2) is 0 Å². The minimum absolute atomic E-state index is 0.0483. The summed E-state index contributed by atoms with van der Waals surface area (Å²) in [7, 11) is 1.47. The molecule has 142 valence electrons. The molecule has 0 aromatic heterocycles. The summed E-state index contributed by atoms with van der Waals surface area (Å²) < 4.78 is 0. The van der Waals surface area contributed by atoms with Crippen molar-refractivity contribution in [3.63, 3.8) is 0 Å². The predicted molar refractivity (Wildman–Crippen MR) is 112 cm³/mol. The Bertz CT molecular complexity index is 972. The molecule has 0 radical (unpaired) electrons. The van der Waals surface area contributed by atoms with Crippen LogP contribution in [0.5, 0.6) is 0 Å². The summed E-state index contributed by atoms with van der Waals surface area (Å²) in [6, 6.07) is 17.5. The van der Waals surface area contributed by atoms with E-state index >= 15 is 0 Å². The molecule has 1 unspecified atom stereocenters. The van der Waals surface area contributed by atoms with Crippen LogP contribution in [0.2, 0.25) is 0 Å². The number of amides is 2. The van der Waals surface area contributed by atoms with Crippen LogP contribution in [0.1, 0.15) is 16.7 Å². The summed E-state index contributed by atoms with van der Waals surface area (Å²) in [6.45, 7) is 3.98. The Morgan fingerprint density at radius 1 is 1.11 bits per heavy atom. The zero-order valence-corrected chi connectivity index (χ0v) is 16.8. The first-order chi connectivity index (χ1) is 13.4. The normalized spacial score (nSPS) is 18.0. The average molecular weight is 391 g/mol. The molecule has 2 aromatic carbocycles. The fourth-order valence-corrected chi connectivity index (χ4v) is 4.29. The Kier molecular flexibility index (Phi) is 5.86. The van der Waals surface area contributed by atoms with Gasteiger partial charge < -0.3 is 5.32 Å². The van der Waals surface area contributed by atoms with Gasteiger partial charge in [-0.15, -0.1) is 0 Å². The van der Waals surface area contributed by atoms with Crippen molar-refractivity contribution in [2.24, 2.45) is 0 Å². The summed E-state index contributed by atoms with van der Waals surface area (Å²) in [6.07, 6.45) is 0.530. The van der Waals surface area contributed by atoms with Gasteiger partial charge in [0.2, 0.25) is 5.91 Å². The second kappa shape index (κ2) is 8.32. The molecule has 28 heavy (non-hydrogen) atoms. The molecular weight excluding hydrogens is 370 g/mol. The fourth-order valence-electron chi connectivity index (χ4n) is 2.98. The second-order valence-electron chi connectivity index (χ2n) is 6.68. The number of nitrogens with zero attached hydrogens (tertiary/aromatic N) is 2. The van der Waals surface area contributed by atoms with Gasteiger partial charge in [0.25, 0.3) is 5.91 Å². The zero-order valence-electron chi connectivity index (χ0n) is 16.0. The fraction of sp³-hybridized carbons (Fsp3) is 0.227. The quantitative estimate of drug-likeness (QED) is 0.640. The molecule has 3 rings (SSSR count). The lowest BCUT2D eigenvalue weighted by Crippen LogP contribution is -2.31. The van der Waals surface area contributed by atoms with Gasteiger partial charge in [-0.05, 0) is 38.0 Å². The molecule has 0 aliphatic carbocycles. The Labute approximate surface area is 169 Å². The van der Waals surface area contributed by atoms with E-state index < -0.39 is 11.2 Å². The summed E-state index contributed by atoms with van der Waals surface area (Å²) in [5.74, 6) is -0.619. The van der Waals surface area contributed by atoms with E-state index in [4.69, 9.17) is 0 Å². The van der Waals surface area contributed by atoms with Crippen LogP contribution in [-0.2, 0) is 16.0 Å². The summed E-state index contributed by atoms with van der Waals surface area (Å²) in [4.78, 5) is 27.0. The molecule has 1 saturated heterocycles. The largest absolute Gasteiger partial charge is 0.354 e. The lowest BCUT2D eigenvalue weighted by Gasteiger charge is -2.18. The van der Waals surface area contributed by atoms with E-state index in [0.29, 0.717) is 17.1 Å². The third kappa shape index (κ3) is 3.95. The Morgan fingerprint density at radius 2 is 1.68 bits per heavy atom. The highest BCUT2D eigenvalue weighted by atomic mass is 32.2. The molecule has 6 heteroatoms. The van der Waals surface area contributed by atoms with Crippen LogP contribution >= 0.6 is 11.8 Å². The molecular formula is C22H21N3O2S. The van der Waals surface area contributed by atoms with Gasteiger partial charge >= 0.3 is 0 Å². The smallest absolute Gasteiger partial charge is 0.264 e. The number of hydrogen-bond donors (Lipinski definition) is 1. The third-order valence-electron chi connectivity index (χ3n) is 4.57. The van der Waals surface area contributed by atoms with Crippen molar-refractivity contribution in [3.8, 4) is 6.07 Å². The summed E-state index contributed by atoms with van der Waals surface area (Å²) in [5, 5.41) is 12.0. The van der Waals surface area contributed by atoms with Crippen LogP contribution in [-0.4, -0.2) is 24.1 Å². The Hall–Kier alpha value is -3.04. The van der Waals surface area contributed by atoms with Crippen LogP contribution in [0.3, 0.4) is 0 Å². The topological polar surface area (TPSA) is 73.2 Å². The number of nitrogens with one attached hydrogen (secondary N) is 1. The van der Waals surface area contributed by atoms with Crippen LogP contribution in [0.25, 0.3) is 0 Å². The number of nitriles is 1. The van der Waals surface area contributed by atoms with Crippen molar-refractivity contribution in [1.29, 1.82) is 5.26 Å². The van der Waals surface area contributed by atoms with Crippen LogP contribution < -0.4 is 10.2 Å². The molecule has 1 N–H and O–H groups in total. The van der Waals surface area contributed by atoms with E-state index in [0.717, 1.165) is 16.7 Å². The van der Waals surface area contributed by atoms with Gasteiger partial charge in [-0.25, -0.2) is 0 Å². The molecule has 5 nitrogen and oxygen atoms in total. The highest BCUT2D eigenvalue weighted by Gasteiger charge is 2.40. The molecule has 1 aliphatic rings. The Balaban J connectivity index is 2.03. The number of aryl methyl sites for hydroxylation is 2. The monoisotopic (exact) mass is 391 g/mol. The van der Waals surface area contributed by atoms with Gasteiger partial charge in [0.05, 0.1) is 5.25 Å². The maximum absolute atomic E-state index is 13.2. The molecule has 1 aliphatic heterocycles. The Morgan fingerprint density at radius 3 is 2.21 bits per heavy atom.